The molecule has 0 saturated carbocycles. The van der Waals surface area contributed by atoms with Crippen LogP contribution in [-0.4, -0.2) is 37.8 Å². The van der Waals surface area contributed by atoms with E-state index in [4.69, 9.17) is 39.4 Å². The zero-order valence-corrected chi connectivity index (χ0v) is 16.9. The molecule has 0 saturated heterocycles. The van der Waals surface area contributed by atoms with Crippen LogP contribution in [0.1, 0.15) is 17.7 Å². The van der Waals surface area contributed by atoms with E-state index in [0.717, 1.165) is 4.68 Å². The molecule has 0 aliphatic heterocycles. The summed E-state index contributed by atoms with van der Waals surface area (Å²) >= 11 is 12.1. The molecule has 0 radical (unpaired) electrons. The predicted octanol–water partition coefficient (Wildman–Crippen LogP) is 3.36. The van der Waals surface area contributed by atoms with E-state index in [0.29, 0.717) is 12.1 Å². The van der Waals surface area contributed by atoms with Crippen LogP contribution >= 0.6 is 23.2 Å². The number of nitriles is 1. The van der Waals surface area contributed by atoms with E-state index in [-0.39, 0.29) is 35.1 Å². The topological polar surface area (TPSA) is 129 Å². The lowest BCUT2D eigenvalue weighted by molar-refractivity contribution is -0.137. The third kappa shape index (κ3) is 4.75. The summed E-state index contributed by atoms with van der Waals surface area (Å²) in [6.45, 7) is 0.0812. The molecule has 0 spiro atoms. The van der Waals surface area contributed by atoms with Crippen LogP contribution in [0, 0.1) is 11.3 Å². The van der Waals surface area contributed by atoms with Gasteiger partial charge < -0.3 is 16.3 Å². The minimum Gasteiger partial charge on any atom is -0.409 e. The summed E-state index contributed by atoms with van der Waals surface area (Å²) in [7, 11) is -1.73. The third-order valence-electron chi connectivity index (χ3n) is 3.57. The number of hydrogen-bond donors (Lipinski definition) is 3. The lowest BCUT2D eigenvalue weighted by Gasteiger charge is -2.15. The van der Waals surface area contributed by atoms with Gasteiger partial charge in [-0.3, -0.25) is 4.21 Å². The first-order valence-electron chi connectivity index (χ1n) is 7.64. The van der Waals surface area contributed by atoms with Crippen molar-refractivity contribution in [3.05, 3.63) is 33.4 Å². The number of nitrogens with two attached hydrogens (primary N) is 1. The summed E-state index contributed by atoms with van der Waals surface area (Å²) in [5, 5.41) is 26.7. The number of rotatable bonds is 6. The van der Waals surface area contributed by atoms with Gasteiger partial charge in [0.25, 0.3) is 0 Å². The van der Waals surface area contributed by atoms with Crippen LogP contribution in [0.2, 0.25) is 10.0 Å². The fraction of sp³-hybridized carbons (Fsp3) is 0.267. The molecule has 0 amide bonds. The molecule has 2 aromatic rings. The van der Waals surface area contributed by atoms with Crippen molar-refractivity contribution in [1.82, 2.24) is 9.78 Å². The van der Waals surface area contributed by atoms with Gasteiger partial charge in [-0.05, 0) is 12.1 Å². The van der Waals surface area contributed by atoms with E-state index in [1.807, 2.05) is 6.07 Å². The first kappa shape index (κ1) is 22.8. The van der Waals surface area contributed by atoms with Crippen LogP contribution < -0.4 is 11.1 Å². The van der Waals surface area contributed by atoms with E-state index in [2.05, 4.69) is 15.6 Å². The number of halogens is 5. The average Bonchev–Trinajstić information content (AvgIpc) is 2.99. The maximum Gasteiger partial charge on any atom is 0.416 e. The Bertz CT molecular complexity index is 1010. The number of oxime groups is 1. The van der Waals surface area contributed by atoms with Crippen molar-refractivity contribution in [1.29, 1.82) is 5.26 Å². The Labute approximate surface area is 175 Å². The second-order valence-electron chi connectivity index (χ2n) is 5.50. The van der Waals surface area contributed by atoms with E-state index in [1.54, 1.807) is 0 Å². The molecule has 8 nitrogen and oxygen atoms in total. The van der Waals surface area contributed by atoms with Gasteiger partial charge in [-0.1, -0.05) is 28.4 Å². The molecular formula is C15H13Cl2F3N6O2S. The van der Waals surface area contributed by atoms with Crippen LogP contribution in [0.4, 0.5) is 19.0 Å². The summed E-state index contributed by atoms with van der Waals surface area (Å²) in [4.78, 5) is -0.00901. The molecule has 0 bridgehead atoms. The monoisotopic (exact) mass is 468 g/mol. The zero-order valence-electron chi connectivity index (χ0n) is 14.6. The van der Waals surface area contributed by atoms with Crippen molar-refractivity contribution in [3.8, 4) is 11.8 Å². The Morgan fingerprint density at radius 2 is 2.03 bits per heavy atom. The predicted molar refractivity (Wildman–Crippen MR) is 102 cm³/mol. The summed E-state index contributed by atoms with van der Waals surface area (Å²) in [5.74, 6) is -0.470. The minimum atomic E-state index is -4.68. The molecule has 0 aliphatic rings. The van der Waals surface area contributed by atoms with Gasteiger partial charge in [0, 0.05) is 12.8 Å². The van der Waals surface area contributed by atoms with Gasteiger partial charge in [0.05, 0.1) is 38.9 Å². The van der Waals surface area contributed by atoms with Crippen molar-refractivity contribution in [2.75, 3.05) is 18.1 Å². The number of anilines is 1. The van der Waals surface area contributed by atoms with E-state index < -0.39 is 38.4 Å². The molecule has 0 fully saturated rings. The van der Waals surface area contributed by atoms with E-state index in [9.17, 15) is 17.4 Å². The Morgan fingerprint density at radius 3 is 2.48 bits per heavy atom. The molecular weight excluding hydrogens is 456 g/mol. The number of alkyl halides is 3. The number of nitrogens with one attached hydrogen (secondary N) is 1. The van der Waals surface area contributed by atoms with Crippen molar-refractivity contribution in [2.24, 2.45) is 10.9 Å². The van der Waals surface area contributed by atoms with Gasteiger partial charge in [0.1, 0.15) is 22.1 Å². The fourth-order valence-electron chi connectivity index (χ4n) is 2.38. The van der Waals surface area contributed by atoms with Crippen LogP contribution in [0.15, 0.2) is 22.2 Å². The molecule has 29 heavy (non-hydrogen) atoms. The fourth-order valence-corrected chi connectivity index (χ4v) is 3.87. The highest BCUT2D eigenvalue weighted by atomic mass is 35.5. The van der Waals surface area contributed by atoms with Gasteiger partial charge in [-0.25, -0.2) is 4.68 Å². The van der Waals surface area contributed by atoms with Crippen LogP contribution in [0.25, 0.3) is 5.69 Å². The van der Waals surface area contributed by atoms with Gasteiger partial charge in [-0.2, -0.15) is 23.5 Å². The highest BCUT2D eigenvalue weighted by molar-refractivity contribution is 7.84. The van der Waals surface area contributed by atoms with Crippen LogP contribution in [0.3, 0.4) is 0 Å². The van der Waals surface area contributed by atoms with Crippen molar-refractivity contribution in [2.45, 2.75) is 17.5 Å². The normalized spacial score (nSPS) is 13.2. The maximum absolute atomic E-state index is 13.0. The highest BCUT2D eigenvalue weighted by Gasteiger charge is 2.33. The molecule has 14 heteroatoms. The van der Waals surface area contributed by atoms with Gasteiger partial charge >= 0.3 is 6.18 Å². The first-order valence-corrected chi connectivity index (χ1v) is 9.96. The summed E-state index contributed by atoms with van der Waals surface area (Å²) < 4.78 is 52.3. The third-order valence-corrected chi connectivity index (χ3v) is 5.10. The second-order valence-corrected chi connectivity index (χ2v) is 7.63. The van der Waals surface area contributed by atoms with Crippen LogP contribution in [0.5, 0.6) is 0 Å². The average molecular weight is 469 g/mol. The molecule has 2 rings (SSSR count). The van der Waals surface area contributed by atoms with Crippen molar-refractivity contribution < 1.29 is 22.6 Å². The molecule has 1 aromatic heterocycles. The van der Waals surface area contributed by atoms with Crippen LogP contribution in [-0.2, 0) is 17.0 Å². The summed E-state index contributed by atoms with van der Waals surface area (Å²) in [5.41, 5.74) is 4.19. The largest absolute Gasteiger partial charge is 0.416 e. The molecule has 0 aliphatic carbocycles. The maximum atomic E-state index is 13.0. The summed E-state index contributed by atoms with van der Waals surface area (Å²) in [6.07, 6.45) is -3.34. The van der Waals surface area contributed by atoms with Crippen molar-refractivity contribution in [3.63, 3.8) is 0 Å². The van der Waals surface area contributed by atoms with E-state index >= 15 is 0 Å². The molecule has 1 atom stereocenters. The smallest absolute Gasteiger partial charge is 0.409 e. The Balaban J connectivity index is 2.81. The number of amidine groups is 1. The van der Waals surface area contributed by atoms with Gasteiger partial charge in [-0.15, -0.1) is 0 Å². The minimum absolute atomic E-state index is 0.00901. The number of hydrogen-bond acceptors (Lipinski definition) is 6. The number of aromatic nitrogens is 2. The molecule has 1 aromatic carbocycles. The van der Waals surface area contributed by atoms with E-state index in [1.165, 1.54) is 6.26 Å². The van der Waals surface area contributed by atoms with Crippen molar-refractivity contribution >= 4 is 45.7 Å². The van der Waals surface area contributed by atoms with Gasteiger partial charge in [0.2, 0.25) is 0 Å². The second kappa shape index (κ2) is 8.89. The molecule has 4 N–H and O–H groups in total. The Morgan fingerprint density at radius 1 is 1.45 bits per heavy atom. The highest BCUT2D eigenvalue weighted by Crippen LogP contribution is 2.39. The number of benzene rings is 1. The first-order chi connectivity index (χ1) is 13.5. The molecule has 1 heterocycles. The SMILES string of the molecule is CS(=O)c1c(/C(N)=N\O)nn(-c2c(Cl)cc(C(F)(F)F)cc2Cl)c1NCCC#N. The standard InChI is InChI=1S/C15H13Cl2F3N6O2S/c1-29(28)12-10(13(22)25-27)24-26(14(12)23-4-2-3-21)11-8(16)5-7(6-9(11)17)15(18,19)20/h5-6,23,27H,2,4H2,1H3,(H2,22,25). The molecule has 1 unspecified atom stereocenters. The lowest BCUT2D eigenvalue weighted by atomic mass is 10.2. The lowest BCUT2D eigenvalue weighted by Crippen LogP contribution is -2.16. The number of nitrogens with zero attached hydrogens (tertiary/aromatic N) is 4. The quantitative estimate of drug-likeness (QED) is 0.196. The Kier molecular flexibility index (Phi) is 6.99. The van der Waals surface area contributed by atoms with Gasteiger partial charge in [0.15, 0.2) is 5.84 Å². The zero-order chi connectivity index (χ0) is 21.9. The molecule has 156 valence electrons. The Hall–Kier alpha value is -2.49. The summed E-state index contributed by atoms with van der Waals surface area (Å²) in [6, 6.07) is 3.22.